The number of nitrogens with zero attached hydrogens (tertiary/aromatic N) is 4. The van der Waals surface area contributed by atoms with Gasteiger partial charge in [0.1, 0.15) is 5.82 Å². The van der Waals surface area contributed by atoms with Crippen molar-refractivity contribution in [3.63, 3.8) is 0 Å². The summed E-state index contributed by atoms with van der Waals surface area (Å²) in [5.74, 6) is 0.845. The largest absolute Gasteiger partial charge is 0.465 e. The van der Waals surface area contributed by atoms with Crippen molar-refractivity contribution >= 4 is 6.09 Å². The molecule has 1 aromatic rings. The third-order valence-corrected chi connectivity index (χ3v) is 4.28. The fourth-order valence-corrected chi connectivity index (χ4v) is 2.97. The van der Waals surface area contributed by atoms with E-state index in [0.29, 0.717) is 6.04 Å². The van der Waals surface area contributed by atoms with Crippen molar-refractivity contribution in [2.24, 2.45) is 0 Å². The minimum Gasteiger partial charge on any atom is -0.465 e. The van der Waals surface area contributed by atoms with Gasteiger partial charge in [0.05, 0.1) is 6.04 Å². The van der Waals surface area contributed by atoms with E-state index in [2.05, 4.69) is 21.5 Å². The van der Waals surface area contributed by atoms with Crippen molar-refractivity contribution in [3.8, 4) is 0 Å². The highest BCUT2D eigenvalue weighted by atomic mass is 16.4. The highest BCUT2D eigenvalue weighted by molar-refractivity contribution is 5.65. The van der Waals surface area contributed by atoms with Crippen molar-refractivity contribution in [3.05, 3.63) is 18.2 Å². The van der Waals surface area contributed by atoms with Crippen molar-refractivity contribution in [1.29, 1.82) is 0 Å². The Morgan fingerprint density at radius 2 is 2.40 bits per heavy atom. The van der Waals surface area contributed by atoms with Gasteiger partial charge in [-0.15, -0.1) is 0 Å². The summed E-state index contributed by atoms with van der Waals surface area (Å²) < 4.78 is 2.11. The van der Waals surface area contributed by atoms with Crippen LogP contribution in [0.15, 0.2) is 12.4 Å². The fraction of sp³-hybridized carbons (Fsp3) is 0.714. The molecular formula is C14H24N4O2. The number of likely N-dealkylation sites (tertiary alicyclic amines) is 1. The van der Waals surface area contributed by atoms with Crippen LogP contribution in [0.25, 0.3) is 0 Å². The van der Waals surface area contributed by atoms with Crippen LogP contribution in [0.1, 0.15) is 38.1 Å². The highest BCUT2D eigenvalue weighted by Crippen LogP contribution is 2.24. The van der Waals surface area contributed by atoms with Gasteiger partial charge < -0.3 is 19.5 Å². The first-order valence-corrected chi connectivity index (χ1v) is 7.21. The minimum absolute atomic E-state index is 0.186. The second-order valence-corrected chi connectivity index (χ2v) is 5.53. The van der Waals surface area contributed by atoms with Crippen LogP contribution >= 0.6 is 0 Å². The summed E-state index contributed by atoms with van der Waals surface area (Å²) in [4.78, 5) is 19.3. The fourth-order valence-electron chi connectivity index (χ4n) is 2.97. The van der Waals surface area contributed by atoms with Gasteiger partial charge in [-0.3, -0.25) is 0 Å². The minimum atomic E-state index is -0.913. The zero-order valence-corrected chi connectivity index (χ0v) is 12.5. The van der Waals surface area contributed by atoms with Crippen LogP contribution < -0.4 is 0 Å². The molecule has 0 radical (unpaired) electrons. The molecule has 0 saturated carbocycles. The summed E-state index contributed by atoms with van der Waals surface area (Å²) in [5.41, 5.74) is 0. The highest BCUT2D eigenvalue weighted by Gasteiger charge is 2.26. The lowest BCUT2D eigenvalue weighted by atomic mass is 10.1. The molecule has 2 heterocycles. The van der Waals surface area contributed by atoms with E-state index >= 15 is 0 Å². The van der Waals surface area contributed by atoms with Gasteiger partial charge in [0, 0.05) is 32.0 Å². The molecule has 6 nitrogen and oxygen atoms in total. The molecule has 0 bridgehead atoms. The zero-order chi connectivity index (χ0) is 14.7. The number of hydrogen-bond donors (Lipinski definition) is 1. The maximum absolute atomic E-state index is 11.2. The van der Waals surface area contributed by atoms with E-state index in [1.807, 2.05) is 13.1 Å². The molecule has 2 rings (SSSR count). The van der Waals surface area contributed by atoms with E-state index < -0.39 is 6.09 Å². The molecule has 112 valence electrons. The average molecular weight is 280 g/mol. The number of aromatic nitrogens is 2. The molecule has 2 atom stereocenters. The van der Waals surface area contributed by atoms with Gasteiger partial charge in [-0.25, -0.2) is 9.78 Å². The number of likely N-dealkylation sites (N-methyl/N-ethyl adjacent to an activating group) is 1. The SMILES string of the molecule is CCC(c1nccn1C[C@@H]1CCCN1C)N(C)C(=O)O. The standard InChI is InChI=1S/C14H24N4O2/c1-4-12(17(3)14(19)20)13-15-7-9-18(13)10-11-6-5-8-16(11)2/h7,9,11-12H,4-6,8,10H2,1-3H3,(H,19,20)/t11-,12?/m0/s1. The summed E-state index contributed by atoms with van der Waals surface area (Å²) >= 11 is 0. The van der Waals surface area contributed by atoms with Gasteiger partial charge in [0.15, 0.2) is 0 Å². The van der Waals surface area contributed by atoms with Gasteiger partial charge in [0.25, 0.3) is 0 Å². The summed E-state index contributed by atoms with van der Waals surface area (Å²) in [5, 5.41) is 9.18. The Hall–Kier alpha value is -1.56. The summed E-state index contributed by atoms with van der Waals surface area (Å²) in [7, 11) is 3.76. The van der Waals surface area contributed by atoms with E-state index in [1.165, 1.54) is 17.7 Å². The molecule has 0 aromatic carbocycles. The van der Waals surface area contributed by atoms with Crippen LogP contribution in [-0.4, -0.2) is 57.2 Å². The van der Waals surface area contributed by atoms with Crippen LogP contribution in [0.4, 0.5) is 4.79 Å². The molecule has 1 fully saturated rings. The number of rotatable bonds is 5. The Kier molecular flexibility index (Phi) is 4.65. The van der Waals surface area contributed by atoms with Gasteiger partial charge in [0.2, 0.25) is 0 Å². The van der Waals surface area contributed by atoms with E-state index in [1.54, 1.807) is 13.2 Å². The molecular weight excluding hydrogens is 256 g/mol. The van der Waals surface area contributed by atoms with Gasteiger partial charge in [-0.05, 0) is 32.9 Å². The second-order valence-electron chi connectivity index (χ2n) is 5.53. The molecule has 1 N–H and O–H groups in total. The molecule has 1 amide bonds. The van der Waals surface area contributed by atoms with Crippen molar-refractivity contribution in [2.45, 2.75) is 44.8 Å². The number of carbonyl (C=O) groups is 1. The molecule has 0 aliphatic carbocycles. The van der Waals surface area contributed by atoms with Gasteiger partial charge in [-0.2, -0.15) is 0 Å². The lowest BCUT2D eigenvalue weighted by molar-refractivity contribution is 0.133. The first kappa shape index (κ1) is 14.8. The van der Waals surface area contributed by atoms with Crippen LogP contribution in [0.5, 0.6) is 0 Å². The summed E-state index contributed by atoms with van der Waals surface area (Å²) in [6.07, 6.45) is 5.96. The summed E-state index contributed by atoms with van der Waals surface area (Å²) in [6, 6.07) is 0.338. The van der Waals surface area contributed by atoms with Crippen molar-refractivity contribution in [2.75, 3.05) is 20.6 Å². The first-order valence-electron chi connectivity index (χ1n) is 7.21. The Morgan fingerprint density at radius 1 is 1.65 bits per heavy atom. The van der Waals surface area contributed by atoms with Crippen LogP contribution in [0, 0.1) is 0 Å². The van der Waals surface area contributed by atoms with Crippen molar-refractivity contribution < 1.29 is 9.90 Å². The molecule has 1 aliphatic rings. The molecule has 1 aliphatic heterocycles. The van der Waals surface area contributed by atoms with Crippen LogP contribution in [0.3, 0.4) is 0 Å². The Morgan fingerprint density at radius 3 is 2.95 bits per heavy atom. The predicted octanol–water partition coefficient (Wildman–Crippen LogP) is 2.04. The normalized spacial score (nSPS) is 21.1. The quantitative estimate of drug-likeness (QED) is 0.896. The average Bonchev–Trinajstić information content (AvgIpc) is 3.02. The number of hydrogen-bond acceptors (Lipinski definition) is 3. The van der Waals surface area contributed by atoms with E-state index in [9.17, 15) is 9.90 Å². The topological polar surface area (TPSA) is 61.6 Å². The van der Waals surface area contributed by atoms with Gasteiger partial charge >= 0.3 is 6.09 Å². The molecule has 1 unspecified atom stereocenters. The maximum atomic E-state index is 11.2. The van der Waals surface area contributed by atoms with E-state index in [0.717, 1.165) is 25.3 Å². The molecule has 1 saturated heterocycles. The Balaban J connectivity index is 2.16. The lowest BCUT2D eigenvalue weighted by Crippen LogP contribution is -2.34. The molecule has 6 heteroatoms. The number of carboxylic acid groups (broad SMARTS) is 1. The maximum Gasteiger partial charge on any atom is 0.407 e. The van der Waals surface area contributed by atoms with Crippen LogP contribution in [-0.2, 0) is 6.54 Å². The molecule has 0 spiro atoms. The molecule has 20 heavy (non-hydrogen) atoms. The third kappa shape index (κ3) is 2.95. The Labute approximate surface area is 120 Å². The smallest absolute Gasteiger partial charge is 0.407 e. The van der Waals surface area contributed by atoms with Crippen LogP contribution in [0.2, 0.25) is 0 Å². The van der Waals surface area contributed by atoms with E-state index in [-0.39, 0.29) is 6.04 Å². The van der Waals surface area contributed by atoms with Gasteiger partial charge in [-0.1, -0.05) is 6.92 Å². The predicted molar refractivity (Wildman–Crippen MR) is 76.7 cm³/mol. The zero-order valence-electron chi connectivity index (χ0n) is 12.5. The first-order chi connectivity index (χ1) is 9.54. The second kappa shape index (κ2) is 6.26. The van der Waals surface area contributed by atoms with E-state index in [4.69, 9.17) is 0 Å². The third-order valence-electron chi connectivity index (χ3n) is 4.28. The lowest BCUT2D eigenvalue weighted by Gasteiger charge is -2.27. The molecule has 1 aromatic heterocycles. The summed E-state index contributed by atoms with van der Waals surface area (Å²) in [6.45, 7) is 4.02. The monoisotopic (exact) mass is 280 g/mol. The number of imidazole rings is 1. The van der Waals surface area contributed by atoms with Crippen molar-refractivity contribution in [1.82, 2.24) is 19.4 Å². The Bertz CT molecular complexity index is 460. The number of amides is 1.